The van der Waals surface area contributed by atoms with Crippen molar-refractivity contribution in [3.05, 3.63) is 35.9 Å². The molecule has 0 heterocycles. The highest BCUT2D eigenvalue weighted by molar-refractivity contribution is 5.81. The van der Waals surface area contributed by atoms with Gasteiger partial charge in [-0.1, -0.05) is 50.1 Å². The molecule has 1 fully saturated rings. The highest BCUT2D eigenvalue weighted by Crippen LogP contribution is 2.26. The molecule has 3 N–H and O–H groups in total. The predicted molar refractivity (Wildman–Crippen MR) is 83.8 cm³/mol. The van der Waals surface area contributed by atoms with E-state index in [9.17, 15) is 4.79 Å². The summed E-state index contributed by atoms with van der Waals surface area (Å²) in [6.07, 6.45) is 5.35. The minimum atomic E-state index is -0.446. The van der Waals surface area contributed by atoms with Gasteiger partial charge in [-0.25, -0.2) is 0 Å². The van der Waals surface area contributed by atoms with Crippen molar-refractivity contribution in [3.63, 3.8) is 0 Å². The van der Waals surface area contributed by atoms with E-state index in [0.29, 0.717) is 25.2 Å². The van der Waals surface area contributed by atoms with E-state index >= 15 is 0 Å². The zero-order chi connectivity index (χ0) is 15.1. The van der Waals surface area contributed by atoms with Crippen LogP contribution >= 0.6 is 0 Å². The van der Waals surface area contributed by atoms with Crippen molar-refractivity contribution in [2.75, 3.05) is 13.2 Å². The van der Waals surface area contributed by atoms with E-state index < -0.39 is 6.04 Å². The average Bonchev–Trinajstić information content (AvgIpc) is 2.49. The van der Waals surface area contributed by atoms with Crippen LogP contribution in [0.15, 0.2) is 30.3 Å². The van der Waals surface area contributed by atoms with Crippen LogP contribution in [-0.2, 0) is 9.53 Å². The third-order valence-electron chi connectivity index (χ3n) is 4.23. The Morgan fingerprint density at radius 1 is 1.33 bits per heavy atom. The minimum Gasteiger partial charge on any atom is -0.377 e. The first-order chi connectivity index (χ1) is 10.2. The molecule has 0 radical (unpaired) electrons. The number of nitrogens with two attached hydrogens (primary N) is 1. The number of benzene rings is 1. The molecule has 1 aliphatic rings. The Morgan fingerprint density at radius 3 is 2.71 bits per heavy atom. The Labute approximate surface area is 127 Å². The molecule has 1 aromatic rings. The molecule has 1 aliphatic carbocycles. The van der Waals surface area contributed by atoms with Gasteiger partial charge in [-0.3, -0.25) is 10.1 Å². The van der Waals surface area contributed by atoms with Crippen molar-refractivity contribution < 1.29 is 9.53 Å². The predicted octanol–water partition coefficient (Wildman–Crippen LogP) is 2.40. The number of ether oxygens (including phenoxy) is 1. The summed E-state index contributed by atoms with van der Waals surface area (Å²) in [7, 11) is 0. The fourth-order valence-corrected chi connectivity index (χ4v) is 2.97. The second-order valence-corrected chi connectivity index (χ2v) is 5.87. The topological polar surface area (TPSA) is 64.3 Å². The molecule has 3 atom stereocenters. The number of rotatable bonds is 7. The Bertz CT molecular complexity index is 436. The van der Waals surface area contributed by atoms with Crippen LogP contribution in [0.5, 0.6) is 0 Å². The molecule has 0 aromatic heterocycles. The number of carbonyl (C=O) groups is 1. The zero-order valence-corrected chi connectivity index (χ0v) is 12.8. The van der Waals surface area contributed by atoms with Crippen molar-refractivity contribution in [1.29, 1.82) is 0 Å². The van der Waals surface area contributed by atoms with Gasteiger partial charge < -0.3 is 10.5 Å². The molecule has 1 aromatic carbocycles. The van der Waals surface area contributed by atoms with E-state index in [0.717, 1.165) is 12.0 Å². The van der Waals surface area contributed by atoms with Gasteiger partial charge in [0.25, 0.3) is 0 Å². The average molecular weight is 290 g/mol. The van der Waals surface area contributed by atoms with Gasteiger partial charge >= 0.3 is 0 Å². The Morgan fingerprint density at radius 2 is 2.05 bits per heavy atom. The van der Waals surface area contributed by atoms with Crippen LogP contribution in [0.4, 0.5) is 0 Å². The first kappa shape index (κ1) is 16.0. The largest absolute Gasteiger partial charge is 0.377 e. The molecule has 4 heteroatoms. The summed E-state index contributed by atoms with van der Waals surface area (Å²) in [5, 5.41) is 3.19. The molecule has 3 unspecified atom stereocenters. The van der Waals surface area contributed by atoms with Crippen molar-refractivity contribution in [2.45, 2.75) is 44.8 Å². The second-order valence-electron chi connectivity index (χ2n) is 5.87. The van der Waals surface area contributed by atoms with Gasteiger partial charge in [0.15, 0.2) is 0 Å². The third kappa shape index (κ3) is 4.83. The lowest BCUT2D eigenvalue weighted by Gasteiger charge is -2.29. The Hall–Kier alpha value is -1.39. The highest BCUT2D eigenvalue weighted by Gasteiger charge is 2.22. The van der Waals surface area contributed by atoms with Crippen LogP contribution in [0.1, 0.15) is 44.2 Å². The number of hydrogen-bond donors (Lipinski definition) is 2. The quantitative estimate of drug-likeness (QED) is 0.758. The van der Waals surface area contributed by atoms with Gasteiger partial charge in [0.2, 0.25) is 5.91 Å². The normalized spacial score (nSPS) is 23.7. The maximum absolute atomic E-state index is 11.6. The molecule has 116 valence electrons. The van der Waals surface area contributed by atoms with E-state index in [1.165, 1.54) is 19.3 Å². The molecule has 1 amide bonds. The molecule has 0 spiro atoms. The molecular formula is C17H26N2O2. The fourth-order valence-electron chi connectivity index (χ4n) is 2.97. The summed E-state index contributed by atoms with van der Waals surface area (Å²) in [6, 6.07) is 9.12. The standard InChI is InChI=1S/C17H26N2O2/c1-13-7-5-6-10-15(13)21-12-11-19-16(17(18)20)14-8-3-2-4-9-14/h2-4,8-9,13,15-16,19H,5-7,10-12H2,1H3,(H2,18,20). The van der Waals surface area contributed by atoms with Gasteiger partial charge in [0.1, 0.15) is 6.04 Å². The lowest BCUT2D eigenvalue weighted by molar-refractivity contribution is -0.120. The second kappa shape index (κ2) is 8.15. The molecule has 2 rings (SSSR count). The van der Waals surface area contributed by atoms with Crippen molar-refractivity contribution in [3.8, 4) is 0 Å². The maximum Gasteiger partial charge on any atom is 0.239 e. The summed E-state index contributed by atoms with van der Waals surface area (Å²) >= 11 is 0. The number of amides is 1. The first-order valence-corrected chi connectivity index (χ1v) is 7.87. The van der Waals surface area contributed by atoms with Gasteiger partial charge in [0, 0.05) is 6.54 Å². The van der Waals surface area contributed by atoms with Crippen LogP contribution in [-0.4, -0.2) is 25.2 Å². The van der Waals surface area contributed by atoms with Gasteiger partial charge in [0.05, 0.1) is 12.7 Å². The molecule has 4 nitrogen and oxygen atoms in total. The van der Waals surface area contributed by atoms with Gasteiger partial charge in [-0.15, -0.1) is 0 Å². The van der Waals surface area contributed by atoms with Crippen LogP contribution < -0.4 is 11.1 Å². The van der Waals surface area contributed by atoms with Crippen LogP contribution in [0, 0.1) is 5.92 Å². The summed E-state index contributed by atoms with van der Waals surface area (Å²) in [4.78, 5) is 11.6. The van der Waals surface area contributed by atoms with Crippen molar-refractivity contribution in [1.82, 2.24) is 5.32 Å². The molecule has 0 aliphatic heterocycles. The molecular weight excluding hydrogens is 264 g/mol. The van der Waals surface area contributed by atoms with E-state index in [2.05, 4.69) is 12.2 Å². The number of hydrogen-bond acceptors (Lipinski definition) is 3. The zero-order valence-electron chi connectivity index (χ0n) is 12.8. The lowest BCUT2D eigenvalue weighted by Crippen LogP contribution is -2.36. The first-order valence-electron chi connectivity index (χ1n) is 7.87. The molecule has 0 bridgehead atoms. The van der Waals surface area contributed by atoms with Crippen LogP contribution in [0.2, 0.25) is 0 Å². The van der Waals surface area contributed by atoms with Crippen LogP contribution in [0.25, 0.3) is 0 Å². The van der Waals surface area contributed by atoms with E-state index in [1.807, 2.05) is 30.3 Å². The number of carbonyl (C=O) groups excluding carboxylic acids is 1. The third-order valence-corrected chi connectivity index (χ3v) is 4.23. The van der Waals surface area contributed by atoms with E-state index in [1.54, 1.807) is 0 Å². The summed E-state index contributed by atoms with van der Waals surface area (Å²) in [5.41, 5.74) is 6.37. The SMILES string of the molecule is CC1CCCCC1OCCNC(C(N)=O)c1ccccc1. The Kier molecular flexibility index (Phi) is 6.21. The van der Waals surface area contributed by atoms with E-state index in [4.69, 9.17) is 10.5 Å². The van der Waals surface area contributed by atoms with Crippen LogP contribution in [0.3, 0.4) is 0 Å². The van der Waals surface area contributed by atoms with Gasteiger partial charge in [-0.2, -0.15) is 0 Å². The minimum absolute atomic E-state index is 0.354. The number of primary amides is 1. The van der Waals surface area contributed by atoms with Crippen molar-refractivity contribution >= 4 is 5.91 Å². The fraction of sp³-hybridized carbons (Fsp3) is 0.588. The Balaban J connectivity index is 1.76. The van der Waals surface area contributed by atoms with Crippen molar-refractivity contribution in [2.24, 2.45) is 11.7 Å². The summed E-state index contributed by atoms with van der Waals surface area (Å²) < 4.78 is 5.95. The van der Waals surface area contributed by atoms with Gasteiger partial charge in [-0.05, 0) is 24.3 Å². The highest BCUT2D eigenvalue weighted by atomic mass is 16.5. The molecule has 0 saturated heterocycles. The maximum atomic E-state index is 11.6. The molecule has 1 saturated carbocycles. The summed E-state index contributed by atoms with van der Waals surface area (Å²) in [6.45, 7) is 3.50. The lowest BCUT2D eigenvalue weighted by atomic mass is 9.88. The molecule has 21 heavy (non-hydrogen) atoms. The smallest absolute Gasteiger partial charge is 0.239 e. The monoisotopic (exact) mass is 290 g/mol. The van der Waals surface area contributed by atoms with E-state index in [-0.39, 0.29) is 5.91 Å². The summed E-state index contributed by atoms with van der Waals surface area (Å²) in [5.74, 6) is 0.284. The number of nitrogens with one attached hydrogen (secondary N) is 1.